The molecule has 88 valence electrons. The quantitative estimate of drug-likeness (QED) is 0.450. The van der Waals surface area contributed by atoms with E-state index in [1.54, 1.807) is 43.5 Å². The standard InChI is InChI=1S/C14H13ClO2/c1-4-12(13(5-2)17-3)10-6-8-11(9-7-10)14(15)16/h4-9H,1-2H2,3H3/b13-12-. The van der Waals surface area contributed by atoms with Crippen molar-refractivity contribution in [3.05, 3.63) is 66.5 Å². The van der Waals surface area contributed by atoms with Gasteiger partial charge in [0.15, 0.2) is 0 Å². The molecule has 0 radical (unpaired) electrons. The smallest absolute Gasteiger partial charge is 0.252 e. The van der Waals surface area contributed by atoms with Gasteiger partial charge in [0.2, 0.25) is 0 Å². The molecule has 0 aliphatic rings. The number of benzene rings is 1. The lowest BCUT2D eigenvalue weighted by atomic mass is 10.0. The third-order valence-electron chi connectivity index (χ3n) is 2.30. The third kappa shape index (κ3) is 3.08. The molecule has 0 spiro atoms. The van der Waals surface area contributed by atoms with Gasteiger partial charge in [-0.3, -0.25) is 4.79 Å². The summed E-state index contributed by atoms with van der Waals surface area (Å²) in [6.45, 7) is 7.40. The molecular weight excluding hydrogens is 236 g/mol. The number of carbonyl (C=O) groups is 1. The highest BCUT2D eigenvalue weighted by Gasteiger charge is 2.06. The largest absolute Gasteiger partial charge is 0.496 e. The number of carbonyl (C=O) groups excluding carboxylic acids is 1. The Morgan fingerprint density at radius 1 is 1.18 bits per heavy atom. The highest BCUT2D eigenvalue weighted by Crippen LogP contribution is 2.22. The molecule has 1 aromatic rings. The Hall–Kier alpha value is -1.80. The van der Waals surface area contributed by atoms with Gasteiger partial charge >= 0.3 is 0 Å². The molecule has 0 aliphatic carbocycles. The van der Waals surface area contributed by atoms with Crippen molar-refractivity contribution in [2.24, 2.45) is 0 Å². The van der Waals surface area contributed by atoms with Gasteiger partial charge in [-0.25, -0.2) is 0 Å². The van der Waals surface area contributed by atoms with Crippen LogP contribution in [-0.4, -0.2) is 12.4 Å². The van der Waals surface area contributed by atoms with Gasteiger partial charge in [0, 0.05) is 11.1 Å². The first-order valence-electron chi connectivity index (χ1n) is 4.97. The van der Waals surface area contributed by atoms with Crippen LogP contribution in [0.4, 0.5) is 0 Å². The summed E-state index contributed by atoms with van der Waals surface area (Å²) in [7, 11) is 1.57. The fraction of sp³-hybridized carbons (Fsp3) is 0.0714. The van der Waals surface area contributed by atoms with Gasteiger partial charge in [-0.05, 0) is 35.4 Å². The van der Waals surface area contributed by atoms with Crippen LogP contribution in [0.3, 0.4) is 0 Å². The van der Waals surface area contributed by atoms with Gasteiger partial charge in [0.25, 0.3) is 5.24 Å². The van der Waals surface area contributed by atoms with Crippen LogP contribution in [0.15, 0.2) is 55.3 Å². The minimum atomic E-state index is -0.476. The van der Waals surface area contributed by atoms with Crippen LogP contribution in [0, 0.1) is 0 Å². The highest BCUT2D eigenvalue weighted by molar-refractivity contribution is 6.67. The van der Waals surface area contributed by atoms with E-state index in [4.69, 9.17) is 16.3 Å². The number of ether oxygens (including phenoxy) is 1. The molecule has 0 saturated heterocycles. The first kappa shape index (κ1) is 13.3. The maximum Gasteiger partial charge on any atom is 0.252 e. The molecule has 2 nitrogen and oxygen atoms in total. The molecule has 0 amide bonds. The molecule has 1 aromatic carbocycles. The summed E-state index contributed by atoms with van der Waals surface area (Å²) in [5, 5.41) is -0.476. The van der Waals surface area contributed by atoms with Crippen molar-refractivity contribution in [3.63, 3.8) is 0 Å². The number of hydrogen-bond acceptors (Lipinski definition) is 2. The van der Waals surface area contributed by atoms with E-state index in [0.717, 1.165) is 11.1 Å². The zero-order chi connectivity index (χ0) is 12.8. The minimum absolute atomic E-state index is 0.455. The summed E-state index contributed by atoms with van der Waals surface area (Å²) in [5.74, 6) is 0.630. The number of halogens is 1. The van der Waals surface area contributed by atoms with Crippen molar-refractivity contribution in [3.8, 4) is 0 Å². The van der Waals surface area contributed by atoms with E-state index in [1.165, 1.54) is 0 Å². The highest BCUT2D eigenvalue weighted by atomic mass is 35.5. The van der Waals surface area contributed by atoms with Crippen molar-refractivity contribution in [1.82, 2.24) is 0 Å². The zero-order valence-corrected chi connectivity index (χ0v) is 10.3. The fourth-order valence-corrected chi connectivity index (χ4v) is 1.57. The Balaban J connectivity index is 3.23. The van der Waals surface area contributed by atoms with Gasteiger partial charge in [-0.2, -0.15) is 0 Å². The summed E-state index contributed by atoms with van der Waals surface area (Å²) >= 11 is 5.37. The van der Waals surface area contributed by atoms with Crippen molar-refractivity contribution in [1.29, 1.82) is 0 Å². The second kappa shape index (κ2) is 6.06. The Morgan fingerprint density at radius 3 is 2.06 bits per heavy atom. The van der Waals surface area contributed by atoms with Crippen LogP contribution in [0.2, 0.25) is 0 Å². The van der Waals surface area contributed by atoms with Crippen LogP contribution < -0.4 is 0 Å². The molecule has 0 heterocycles. The van der Waals surface area contributed by atoms with Gasteiger partial charge in [0.1, 0.15) is 5.76 Å². The number of rotatable bonds is 5. The van der Waals surface area contributed by atoms with Crippen molar-refractivity contribution in [2.75, 3.05) is 7.11 Å². The van der Waals surface area contributed by atoms with Crippen LogP contribution >= 0.6 is 11.6 Å². The summed E-state index contributed by atoms with van der Waals surface area (Å²) < 4.78 is 5.18. The SMILES string of the molecule is C=C/C(OC)=C(\C=C)c1ccc(C(=O)Cl)cc1. The van der Waals surface area contributed by atoms with Crippen LogP contribution in [-0.2, 0) is 4.74 Å². The Labute approximate surface area is 106 Å². The summed E-state index contributed by atoms with van der Waals surface area (Å²) in [5.41, 5.74) is 2.16. The molecule has 0 N–H and O–H groups in total. The molecule has 0 saturated carbocycles. The van der Waals surface area contributed by atoms with Gasteiger partial charge < -0.3 is 4.74 Å². The first-order chi connectivity index (χ1) is 8.13. The average Bonchev–Trinajstić information content (AvgIpc) is 2.36. The van der Waals surface area contributed by atoms with E-state index in [2.05, 4.69) is 13.2 Å². The molecular formula is C14H13ClO2. The van der Waals surface area contributed by atoms with Crippen molar-refractivity contribution >= 4 is 22.4 Å². The molecule has 0 atom stereocenters. The third-order valence-corrected chi connectivity index (χ3v) is 2.52. The van der Waals surface area contributed by atoms with Gasteiger partial charge in [-0.15, -0.1) is 0 Å². The predicted molar refractivity (Wildman–Crippen MR) is 70.9 cm³/mol. The molecule has 0 aromatic heterocycles. The monoisotopic (exact) mass is 248 g/mol. The Bertz CT molecular complexity index is 470. The summed E-state index contributed by atoms with van der Waals surface area (Å²) in [6, 6.07) is 6.89. The zero-order valence-electron chi connectivity index (χ0n) is 9.57. The minimum Gasteiger partial charge on any atom is -0.496 e. The molecule has 3 heteroatoms. The molecule has 17 heavy (non-hydrogen) atoms. The number of methoxy groups -OCH3 is 1. The van der Waals surface area contributed by atoms with E-state index >= 15 is 0 Å². The van der Waals surface area contributed by atoms with Crippen LogP contribution in [0.25, 0.3) is 5.57 Å². The maximum atomic E-state index is 10.9. The maximum absolute atomic E-state index is 10.9. The lowest BCUT2D eigenvalue weighted by Gasteiger charge is -2.08. The Morgan fingerprint density at radius 2 is 1.71 bits per heavy atom. The molecule has 1 rings (SSSR count). The topological polar surface area (TPSA) is 26.3 Å². The van der Waals surface area contributed by atoms with Crippen molar-refractivity contribution < 1.29 is 9.53 Å². The van der Waals surface area contributed by atoms with E-state index in [9.17, 15) is 4.79 Å². The van der Waals surface area contributed by atoms with E-state index in [-0.39, 0.29) is 0 Å². The molecule has 0 aliphatic heterocycles. The number of allylic oxidation sites excluding steroid dienone is 3. The van der Waals surface area contributed by atoms with Gasteiger partial charge in [0.05, 0.1) is 7.11 Å². The average molecular weight is 249 g/mol. The molecule has 0 unspecified atom stereocenters. The normalized spacial score (nSPS) is 11.4. The second-order valence-corrected chi connectivity index (χ2v) is 3.58. The van der Waals surface area contributed by atoms with E-state index < -0.39 is 5.24 Å². The molecule has 0 bridgehead atoms. The van der Waals surface area contributed by atoms with E-state index in [1.807, 2.05) is 0 Å². The number of hydrogen-bond donors (Lipinski definition) is 0. The fourth-order valence-electron chi connectivity index (χ4n) is 1.44. The van der Waals surface area contributed by atoms with E-state index in [0.29, 0.717) is 11.3 Å². The molecule has 0 fully saturated rings. The second-order valence-electron chi connectivity index (χ2n) is 3.24. The Kier molecular flexibility index (Phi) is 4.73. The first-order valence-corrected chi connectivity index (χ1v) is 5.35. The lowest BCUT2D eigenvalue weighted by Crippen LogP contribution is -1.92. The van der Waals surface area contributed by atoms with Crippen LogP contribution in [0.1, 0.15) is 15.9 Å². The predicted octanol–water partition coefficient (Wildman–Crippen LogP) is 3.80. The van der Waals surface area contributed by atoms with Gasteiger partial charge in [-0.1, -0.05) is 31.4 Å². The van der Waals surface area contributed by atoms with Crippen molar-refractivity contribution in [2.45, 2.75) is 0 Å². The summed E-state index contributed by atoms with van der Waals surface area (Å²) in [4.78, 5) is 10.9. The van der Waals surface area contributed by atoms with Crippen LogP contribution in [0.5, 0.6) is 0 Å². The lowest BCUT2D eigenvalue weighted by molar-refractivity contribution is 0.108. The summed E-state index contributed by atoms with van der Waals surface area (Å²) in [6.07, 6.45) is 3.29.